The van der Waals surface area contributed by atoms with Crippen molar-refractivity contribution in [3.8, 4) is 0 Å². The van der Waals surface area contributed by atoms with Gasteiger partial charge in [0, 0.05) is 18.2 Å². The third-order valence-electron chi connectivity index (χ3n) is 7.39. The highest BCUT2D eigenvalue weighted by molar-refractivity contribution is 6.01. The molecule has 2 aliphatic heterocycles. The van der Waals surface area contributed by atoms with Gasteiger partial charge < -0.3 is 14.4 Å². The number of amides is 2. The number of esters is 1. The molecule has 3 aromatic rings. The zero-order valence-electron chi connectivity index (χ0n) is 22.1. The minimum Gasteiger partial charge on any atom is -0.465 e. The number of methoxy groups -OCH3 is 1. The molecule has 0 N–H and O–H groups in total. The van der Waals surface area contributed by atoms with Crippen LogP contribution in [0.15, 0.2) is 84.9 Å². The highest BCUT2D eigenvalue weighted by atomic mass is 19.4. The van der Waals surface area contributed by atoms with Crippen molar-refractivity contribution in [3.05, 3.63) is 107 Å². The largest absolute Gasteiger partial charge is 0.471 e. The molecular formula is C31H27F3N2O5. The molecule has 0 spiro atoms. The molecule has 1 fully saturated rings. The number of alkyl halides is 3. The van der Waals surface area contributed by atoms with Gasteiger partial charge in [-0.1, -0.05) is 72.8 Å². The van der Waals surface area contributed by atoms with E-state index in [0.717, 1.165) is 16.0 Å². The van der Waals surface area contributed by atoms with Crippen molar-refractivity contribution >= 4 is 29.7 Å². The summed E-state index contributed by atoms with van der Waals surface area (Å²) in [5.74, 6) is -3.33. The van der Waals surface area contributed by atoms with E-state index in [1.54, 1.807) is 36.4 Å². The second-order valence-corrected chi connectivity index (χ2v) is 9.83. The Morgan fingerprint density at radius 3 is 2.32 bits per heavy atom. The van der Waals surface area contributed by atoms with Gasteiger partial charge in [-0.15, -0.1) is 0 Å². The maximum Gasteiger partial charge on any atom is 0.471 e. The number of fused-ring (bicyclic) bond motifs is 3. The number of halogens is 3. The van der Waals surface area contributed by atoms with Crippen LogP contribution in [0.2, 0.25) is 0 Å². The lowest BCUT2D eigenvalue weighted by atomic mass is 9.80. The van der Waals surface area contributed by atoms with Crippen LogP contribution in [0.4, 0.5) is 23.7 Å². The molecule has 2 aliphatic rings. The molecule has 3 atom stereocenters. The van der Waals surface area contributed by atoms with Gasteiger partial charge in [-0.25, -0.2) is 9.59 Å². The van der Waals surface area contributed by atoms with Crippen LogP contribution >= 0.6 is 0 Å². The zero-order valence-corrected chi connectivity index (χ0v) is 22.1. The van der Waals surface area contributed by atoms with Crippen molar-refractivity contribution in [3.63, 3.8) is 0 Å². The summed E-state index contributed by atoms with van der Waals surface area (Å²) >= 11 is 0. The number of rotatable bonds is 5. The van der Waals surface area contributed by atoms with E-state index in [1.807, 2.05) is 36.4 Å². The topological polar surface area (TPSA) is 76.2 Å². The lowest BCUT2D eigenvalue weighted by Gasteiger charge is -2.44. The van der Waals surface area contributed by atoms with Crippen molar-refractivity contribution in [2.75, 3.05) is 18.6 Å². The number of nitrogens with zero attached hydrogens (tertiary/aromatic N) is 2. The fourth-order valence-corrected chi connectivity index (χ4v) is 5.57. The molecule has 212 valence electrons. The van der Waals surface area contributed by atoms with Crippen LogP contribution in [0.25, 0.3) is 6.08 Å². The number of hydrogen-bond donors (Lipinski definition) is 0. The molecule has 2 amide bonds. The molecule has 0 unspecified atom stereocenters. The molecule has 2 heterocycles. The zero-order chi connectivity index (χ0) is 29.1. The van der Waals surface area contributed by atoms with Crippen molar-refractivity contribution in [2.45, 2.75) is 31.3 Å². The van der Waals surface area contributed by atoms with E-state index in [4.69, 9.17) is 9.47 Å². The number of carbonyl (C=O) groups excluding carboxylic acids is 3. The van der Waals surface area contributed by atoms with Gasteiger partial charge in [0.25, 0.3) is 0 Å². The minimum atomic E-state index is -5.16. The Morgan fingerprint density at radius 2 is 1.66 bits per heavy atom. The molecule has 0 saturated carbocycles. The Balaban J connectivity index is 1.59. The first-order valence-corrected chi connectivity index (χ1v) is 13.0. The van der Waals surface area contributed by atoms with E-state index in [2.05, 4.69) is 0 Å². The normalized spacial score (nSPS) is 20.0. The van der Waals surface area contributed by atoms with Gasteiger partial charge in [-0.05, 0) is 41.3 Å². The van der Waals surface area contributed by atoms with Crippen LogP contribution in [0.3, 0.4) is 0 Å². The summed E-state index contributed by atoms with van der Waals surface area (Å²) in [5.41, 5.74) is 1.82. The van der Waals surface area contributed by atoms with Crippen molar-refractivity contribution in [1.82, 2.24) is 4.90 Å². The second-order valence-electron chi connectivity index (χ2n) is 9.83. The second kappa shape index (κ2) is 11.5. The molecule has 41 heavy (non-hydrogen) atoms. The number of ether oxygens (including phenoxy) is 2. The minimum absolute atomic E-state index is 0.0125. The number of benzene rings is 3. The van der Waals surface area contributed by atoms with Crippen LogP contribution in [0.1, 0.15) is 39.5 Å². The van der Waals surface area contributed by atoms with Gasteiger partial charge in [0.2, 0.25) is 0 Å². The quantitative estimate of drug-likeness (QED) is 0.347. The predicted molar refractivity (Wildman–Crippen MR) is 145 cm³/mol. The summed E-state index contributed by atoms with van der Waals surface area (Å²) in [6.45, 7) is 0.202. The number of carbonyl (C=O) groups is 3. The highest BCUT2D eigenvalue weighted by Gasteiger charge is 2.54. The van der Waals surface area contributed by atoms with Crippen molar-refractivity contribution in [1.29, 1.82) is 0 Å². The standard InChI is InChI=1S/C31H27F3N2O5/c1-40-28(37)22-13-15-26-24(18-22)27-23(16-17-35(27)30(39)41-19-21-10-6-3-7-11-21)25(36(26)29(38)31(32,33)34)14-12-20-8-4-2-5-9-20/h2-15,18,23,25,27H,16-17,19H2,1H3/b14-12+/t23-,25-,27-/m0/s1. The third-order valence-corrected chi connectivity index (χ3v) is 7.39. The van der Waals surface area contributed by atoms with Crippen LogP contribution < -0.4 is 4.90 Å². The van der Waals surface area contributed by atoms with Crippen molar-refractivity contribution < 1.29 is 37.0 Å². The summed E-state index contributed by atoms with van der Waals surface area (Å²) in [5, 5.41) is 0. The molecule has 1 saturated heterocycles. The number of likely N-dealkylation sites (tertiary alicyclic amines) is 1. The number of anilines is 1. The summed E-state index contributed by atoms with van der Waals surface area (Å²) in [6, 6.07) is 20.3. The fourth-order valence-electron chi connectivity index (χ4n) is 5.57. The van der Waals surface area contributed by atoms with E-state index in [1.165, 1.54) is 30.2 Å². The van der Waals surface area contributed by atoms with Crippen LogP contribution in [-0.4, -0.2) is 48.7 Å². The van der Waals surface area contributed by atoms with Crippen LogP contribution in [-0.2, 0) is 20.9 Å². The lowest BCUT2D eigenvalue weighted by molar-refractivity contribution is -0.171. The molecule has 0 radical (unpaired) electrons. The SMILES string of the molecule is COC(=O)c1ccc2c(c1)[C@@H]1[C@@H](CCN1C(=O)OCc1ccccc1)[C@H](/C=C/c1ccccc1)N2C(=O)C(F)(F)F. The van der Waals surface area contributed by atoms with Gasteiger partial charge in [0.1, 0.15) is 6.61 Å². The van der Waals surface area contributed by atoms with E-state index in [0.29, 0.717) is 6.42 Å². The third kappa shape index (κ3) is 5.68. The Bertz CT molecular complexity index is 1460. The summed E-state index contributed by atoms with van der Waals surface area (Å²) in [4.78, 5) is 40.8. The fraction of sp³-hybridized carbons (Fsp3) is 0.258. The summed E-state index contributed by atoms with van der Waals surface area (Å²) in [6.07, 6.45) is -2.25. The summed E-state index contributed by atoms with van der Waals surface area (Å²) in [7, 11) is 1.19. The average Bonchev–Trinajstić information content (AvgIpc) is 3.43. The maximum atomic E-state index is 14.0. The first-order valence-electron chi connectivity index (χ1n) is 13.0. The summed E-state index contributed by atoms with van der Waals surface area (Å²) < 4.78 is 52.3. The molecule has 0 bridgehead atoms. The smallest absolute Gasteiger partial charge is 0.465 e. The van der Waals surface area contributed by atoms with Gasteiger partial charge in [-0.2, -0.15) is 13.2 Å². The highest BCUT2D eigenvalue weighted by Crippen LogP contribution is 2.51. The average molecular weight is 565 g/mol. The lowest BCUT2D eigenvalue weighted by Crippen LogP contribution is -2.54. The van der Waals surface area contributed by atoms with Crippen LogP contribution in [0, 0.1) is 5.92 Å². The maximum absolute atomic E-state index is 14.0. The van der Waals surface area contributed by atoms with Gasteiger partial charge in [-0.3, -0.25) is 9.69 Å². The van der Waals surface area contributed by atoms with Crippen LogP contribution in [0.5, 0.6) is 0 Å². The van der Waals surface area contributed by atoms with Gasteiger partial charge >= 0.3 is 24.1 Å². The monoisotopic (exact) mass is 564 g/mol. The Labute approximate surface area is 234 Å². The first-order chi connectivity index (χ1) is 19.7. The molecule has 3 aromatic carbocycles. The molecular weight excluding hydrogens is 537 g/mol. The molecule has 0 aliphatic carbocycles. The molecule has 10 heteroatoms. The van der Waals surface area contributed by atoms with E-state index < -0.39 is 42.1 Å². The van der Waals surface area contributed by atoms with E-state index in [-0.39, 0.29) is 30.0 Å². The van der Waals surface area contributed by atoms with Gasteiger partial charge in [0.05, 0.1) is 24.8 Å². The first kappa shape index (κ1) is 27.9. The van der Waals surface area contributed by atoms with Crippen molar-refractivity contribution in [2.24, 2.45) is 5.92 Å². The number of hydrogen-bond acceptors (Lipinski definition) is 5. The molecule has 7 nitrogen and oxygen atoms in total. The van der Waals surface area contributed by atoms with E-state index >= 15 is 0 Å². The molecule has 5 rings (SSSR count). The molecule has 0 aromatic heterocycles. The van der Waals surface area contributed by atoms with E-state index in [9.17, 15) is 27.6 Å². The van der Waals surface area contributed by atoms with Gasteiger partial charge in [0.15, 0.2) is 0 Å². The predicted octanol–water partition coefficient (Wildman–Crippen LogP) is 6.16. The Morgan fingerprint density at radius 1 is 0.976 bits per heavy atom. The Hall–Kier alpha value is -4.60. The Kier molecular flexibility index (Phi) is 7.83.